The number of nitrogens with one attached hydrogen (secondary N) is 1. The zero-order valence-corrected chi connectivity index (χ0v) is 12.6. The van der Waals surface area contributed by atoms with Crippen molar-refractivity contribution >= 4 is 11.8 Å². The molecule has 1 N–H and O–H groups in total. The number of piperazine rings is 1. The molecule has 0 saturated carbocycles. The minimum absolute atomic E-state index is 0.148. The number of ether oxygens (including phenoxy) is 1. The first kappa shape index (κ1) is 15.3. The lowest BCUT2D eigenvalue weighted by molar-refractivity contribution is -0.126. The maximum Gasteiger partial charge on any atom is 0.258 e. The van der Waals surface area contributed by atoms with Crippen molar-refractivity contribution in [2.24, 2.45) is 0 Å². The quantitative estimate of drug-likeness (QED) is 0.864. The van der Waals surface area contributed by atoms with Crippen LogP contribution in [0.3, 0.4) is 0 Å². The van der Waals surface area contributed by atoms with Crippen molar-refractivity contribution in [1.29, 1.82) is 0 Å². The summed E-state index contributed by atoms with van der Waals surface area (Å²) in [7, 11) is 5.07. The van der Waals surface area contributed by atoms with Gasteiger partial charge >= 0.3 is 0 Å². The van der Waals surface area contributed by atoms with E-state index in [1.807, 2.05) is 18.0 Å². The molecular weight excluding hydrogens is 270 g/mol. The molecule has 6 nitrogen and oxygen atoms in total. The monoisotopic (exact) mass is 291 g/mol. The van der Waals surface area contributed by atoms with E-state index in [1.165, 1.54) is 7.11 Å². The van der Waals surface area contributed by atoms with E-state index in [0.29, 0.717) is 24.4 Å². The number of para-hydroxylation sites is 1. The Morgan fingerprint density at radius 3 is 2.67 bits per heavy atom. The highest BCUT2D eigenvalue weighted by molar-refractivity contribution is 5.99. The van der Waals surface area contributed by atoms with Gasteiger partial charge in [-0.15, -0.1) is 0 Å². The van der Waals surface area contributed by atoms with Gasteiger partial charge in [-0.05, 0) is 19.2 Å². The molecule has 0 aliphatic carbocycles. The lowest BCUT2D eigenvalue weighted by Gasteiger charge is -2.39. The summed E-state index contributed by atoms with van der Waals surface area (Å²) in [6.07, 6.45) is 0. The van der Waals surface area contributed by atoms with Crippen LogP contribution in [0.2, 0.25) is 0 Å². The van der Waals surface area contributed by atoms with Gasteiger partial charge in [0.1, 0.15) is 11.8 Å². The first-order chi connectivity index (χ1) is 10.1. The van der Waals surface area contributed by atoms with Crippen LogP contribution < -0.4 is 10.1 Å². The van der Waals surface area contributed by atoms with E-state index in [2.05, 4.69) is 5.32 Å². The van der Waals surface area contributed by atoms with Crippen molar-refractivity contribution in [2.75, 3.05) is 40.8 Å². The summed E-state index contributed by atoms with van der Waals surface area (Å²) in [4.78, 5) is 28.5. The number of likely N-dealkylation sites (N-methyl/N-ethyl adjacent to an activating group) is 2. The van der Waals surface area contributed by atoms with E-state index in [4.69, 9.17) is 4.74 Å². The molecule has 0 spiro atoms. The van der Waals surface area contributed by atoms with E-state index in [-0.39, 0.29) is 11.8 Å². The molecule has 1 aliphatic rings. The molecule has 0 bridgehead atoms. The molecule has 1 aliphatic heterocycles. The average Bonchev–Trinajstić information content (AvgIpc) is 2.53. The molecule has 1 aromatic rings. The number of amides is 2. The molecule has 0 aromatic heterocycles. The molecule has 114 valence electrons. The maximum atomic E-state index is 12.8. The standard InChI is InChI=1S/C15H21N3O3/c1-16-14(19)12-10-17(2)8-9-18(12)15(20)11-6-4-5-7-13(11)21-3/h4-7,12H,8-10H2,1-3H3,(H,16,19)/t12-/m0/s1. The molecule has 0 radical (unpaired) electrons. The third-order valence-corrected chi connectivity index (χ3v) is 3.73. The van der Waals surface area contributed by atoms with E-state index in [0.717, 1.165) is 6.54 Å². The van der Waals surface area contributed by atoms with E-state index in [9.17, 15) is 9.59 Å². The van der Waals surface area contributed by atoms with Crippen molar-refractivity contribution < 1.29 is 14.3 Å². The Labute approximate surface area is 124 Å². The van der Waals surface area contributed by atoms with Gasteiger partial charge in [-0.2, -0.15) is 0 Å². The summed E-state index contributed by atoms with van der Waals surface area (Å²) >= 11 is 0. The zero-order chi connectivity index (χ0) is 15.4. The number of methoxy groups -OCH3 is 1. The van der Waals surface area contributed by atoms with Crippen molar-refractivity contribution in [1.82, 2.24) is 15.1 Å². The van der Waals surface area contributed by atoms with Crippen LogP contribution in [0.4, 0.5) is 0 Å². The highest BCUT2D eigenvalue weighted by Crippen LogP contribution is 2.21. The Morgan fingerprint density at radius 2 is 2.00 bits per heavy atom. The number of hydrogen-bond acceptors (Lipinski definition) is 4. The van der Waals surface area contributed by atoms with Gasteiger partial charge in [-0.3, -0.25) is 9.59 Å². The summed E-state index contributed by atoms with van der Waals surface area (Å²) in [5.74, 6) is 0.205. The number of nitrogens with zero attached hydrogens (tertiary/aromatic N) is 2. The summed E-state index contributed by atoms with van der Waals surface area (Å²) < 4.78 is 5.24. The molecule has 0 unspecified atom stereocenters. The smallest absolute Gasteiger partial charge is 0.258 e. The molecule has 2 amide bonds. The van der Waals surface area contributed by atoms with Crippen molar-refractivity contribution in [3.8, 4) is 5.75 Å². The van der Waals surface area contributed by atoms with Crippen LogP contribution in [0.1, 0.15) is 10.4 Å². The van der Waals surface area contributed by atoms with Gasteiger partial charge in [0.05, 0.1) is 12.7 Å². The van der Waals surface area contributed by atoms with Gasteiger partial charge in [0.2, 0.25) is 5.91 Å². The normalized spacial score (nSPS) is 19.2. The second-order valence-electron chi connectivity index (χ2n) is 5.09. The zero-order valence-electron chi connectivity index (χ0n) is 12.6. The maximum absolute atomic E-state index is 12.8. The van der Waals surface area contributed by atoms with Crippen LogP contribution in [0, 0.1) is 0 Å². The van der Waals surface area contributed by atoms with Crippen LogP contribution in [-0.4, -0.2) is 68.5 Å². The second-order valence-corrected chi connectivity index (χ2v) is 5.09. The largest absolute Gasteiger partial charge is 0.496 e. The molecule has 2 rings (SSSR count). The molecule has 1 heterocycles. The summed E-state index contributed by atoms with van der Waals surface area (Å²) in [5, 5.41) is 2.63. The van der Waals surface area contributed by atoms with Crippen LogP contribution >= 0.6 is 0 Å². The first-order valence-corrected chi connectivity index (χ1v) is 6.92. The Balaban J connectivity index is 2.29. The van der Waals surface area contributed by atoms with Crippen LogP contribution in [0.15, 0.2) is 24.3 Å². The van der Waals surface area contributed by atoms with Gasteiger partial charge in [0, 0.05) is 26.7 Å². The number of rotatable bonds is 3. The molecular formula is C15H21N3O3. The minimum Gasteiger partial charge on any atom is -0.496 e. The predicted molar refractivity (Wildman–Crippen MR) is 79.4 cm³/mol. The predicted octanol–water partition coefficient (Wildman–Crippen LogP) is 0.197. The lowest BCUT2D eigenvalue weighted by atomic mass is 10.1. The fourth-order valence-electron chi connectivity index (χ4n) is 2.53. The van der Waals surface area contributed by atoms with Crippen molar-refractivity contribution in [3.05, 3.63) is 29.8 Å². The van der Waals surface area contributed by atoms with Gasteiger partial charge in [0.25, 0.3) is 5.91 Å². The molecule has 21 heavy (non-hydrogen) atoms. The molecule has 1 fully saturated rings. The number of carbonyl (C=O) groups excluding carboxylic acids is 2. The average molecular weight is 291 g/mol. The number of benzene rings is 1. The SMILES string of the molecule is CNC(=O)[C@@H]1CN(C)CCN1C(=O)c1ccccc1OC. The number of carbonyl (C=O) groups is 2. The van der Waals surface area contributed by atoms with Crippen LogP contribution in [-0.2, 0) is 4.79 Å². The van der Waals surface area contributed by atoms with Gasteiger partial charge in [-0.1, -0.05) is 12.1 Å². The highest BCUT2D eigenvalue weighted by atomic mass is 16.5. The topological polar surface area (TPSA) is 61.9 Å². The fraction of sp³-hybridized carbons (Fsp3) is 0.467. The Hall–Kier alpha value is -2.08. The Kier molecular flexibility index (Phi) is 4.80. The molecule has 6 heteroatoms. The minimum atomic E-state index is -0.480. The third kappa shape index (κ3) is 3.16. The van der Waals surface area contributed by atoms with Crippen LogP contribution in [0.5, 0.6) is 5.75 Å². The van der Waals surface area contributed by atoms with Gasteiger partial charge in [-0.25, -0.2) is 0 Å². The van der Waals surface area contributed by atoms with Crippen molar-refractivity contribution in [2.45, 2.75) is 6.04 Å². The molecule has 1 saturated heterocycles. The Morgan fingerprint density at radius 1 is 1.29 bits per heavy atom. The number of hydrogen-bond donors (Lipinski definition) is 1. The summed E-state index contributed by atoms with van der Waals surface area (Å²) in [5.41, 5.74) is 0.485. The van der Waals surface area contributed by atoms with E-state index < -0.39 is 6.04 Å². The van der Waals surface area contributed by atoms with E-state index in [1.54, 1.807) is 30.1 Å². The fourth-order valence-corrected chi connectivity index (χ4v) is 2.53. The van der Waals surface area contributed by atoms with E-state index >= 15 is 0 Å². The molecule has 1 aromatic carbocycles. The lowest BCUT2D eigenvalue weighted by Crippen LogP contribution is -2.59. The van der Waals surface area contributed by atoms with Gasteiger partial charge in [0.15, 0.2) is 0 Å². The first-order valence-electron chi connectivity index (χ1n) is 6.92. The highest BCUT2D eigenvalue weighted by Gasteiger charge is 2.34. The Bertz CT molecular complexity index is 533. The third-order valence-electron chi connectivity index (χ3n) is 3.73. The second kappa shape index (κ2) is 6.58. The van der Waals surface area contributed by atoms with Crippen LogP contribution in [0.25, 0.3) is 0 Å². The van der Waals surface area contributed by atoms with Crippen molar-refractivity contribution in [3.63, 3.8) is 0 Å². The molecule has 1 atom stereocenters. The summed E-state index contributed by atoms with van der Waals surface area (Å²) in [6.45, 7) is 1.79. The van der Waals surface area contributed by atoms with Gasteiger partial charge < -0.3 is 19.9 Å². The summed E-state index contributed by atoms with van der Waals surface area (Å²) in [6, 6.07) is 6.60.